The van der Waals surface area contributed by atoms with E-state index in [0.29, 0.717) is 20.1 Å². The number of para-hydroxylation sites is 4. The Labute approximate surface area is 759 Å². The van der Waals surface area contributed by atoms with E-state index >= 15 is 0 Å². The quantitative estimate of drug-likeness (QED) is 0.0414. The zero-order valence-electron chi connectivity index (χ0n) is 68.9. The fourth-order valence-corrected chi connectivity index (χ4v) is 20.2. The van der Waals surface area contributed by atoms with Gasteiger partial charge < -0.3 is 40.9 Å². The summed E-state index contributed by atoms with van der Waals surface area (Å²) >= 11 is 32.4. The molecule has 8 aromatic carbocycles. The second kappa shape index (κ2) is 42.6. The number of thioether (sulfide) groups is 4. The number of nitrogens with zero attached hydrogens (tertiary/aromatic N) is 16. The van der Waals surface area contributed by atoms with E-state index in [9.17, 15) is 0 Å². The van der Waals surface area contributed by atoms with Gasteiger partial charge in [0.15, 0.2) is 0 Å². The molecule has 8 aromatic heterocycles. The van der Waals surface area contributed by atoms with Crippen LogP contribution < -0.4 is 40.9 Å². The van der Waals surface area contributed by atoms with Crippen molar-refractivity contribution in [2.75, 3.05) is 165 Å². The molecule has 0 saturated carbocycles. The van der Waals surface area contributed by atoms with E-state index in [4.69, 9.17) is 86.3 Å². The van der Waals surface area contributed by atoms with Crippen molar-refractivity contribution in [2.24, 2.45) is 0 Å². The van der Waals surface area contributed by atoms with E-state index in [0.717, 1.165) is 332 Å². The number of pyridine rings is 4. The topological polar surface area (TPSA) is 216 Å². The number of fused-ring (bicyclic) bond motifs is 8. The molecule has 16 aromatic rings. The highest BCUT2D eigenvalue weighted by Gasteiger charge is 2.23. The van der Waals surface area contributed by atoms with Crippen molar-refractivity contribution in [2.45, 2.75) is 51.4 Å². The molecule has 0 spiro atoms. The average Bonchev–Trinajstić information content (AvgIpc) is 0.804. The van der Waals surface area contributed by atoms with Crippen molar-refractivity contribution in [3.8, 4) is 0 Å². The highest BCUT2D eigenvalue weighted by Crippen LogP contribution is 2.33. The molecule has 20 nitrogen and oxygen atoms in total. The van der Waals surface area contributed by atoms with Gasteiger partial charge >= 0.3 is 0 Å². The lowest BCUT2D eigenvalue weighted by atomic mass is 10.1. The number of hydrogen-bond acceptors (Lipinski definition) is 24. The fourth-order valence-electron chi connectivity index (χ4n) is 15.9. The van der Waals surface area contributed by atoms with Crippen molar-refractivity contribution < 1.29 is 0 Å². The molecule has 4 aliphatic rings. The fraction of sp³-hybridized carbons (Fsp3) is 0.292. The second-order valence-electron chi connectivity index (χ2n) is 30.5. The second-order valence-corrected chi connectivity index (χ2v) is 37.2. The minimum Gasteiger partial charge on any atom is -0.384 e. The summed E-state index contributed by atoms with van der Waals surface area (Å²) < 4.78 is 0. The Morgan fingerprint density at radius 1 is 0.242 bits per heavy atom. The van der Waals surface area contributed by atoms with Crippen LogP contribution in [0.25, 0.3) is 87.2 Å². The third-order valence-corrected chi connectivity index (χ3v) is 27.0. The van der Waals surface area contributed by atoms with Crippen LogP contribution in [0.3, 0.4) is 0 Å². The van der Waals surface area contributed by atoms with Gasteiger partial charge in [-0.1, -0.05) is 119 Å². The van der Waals surface area contributed by atoms with E-state index in [1.807, 2.05) is 169 Å². The van der Waals surface area contributed by atoms with Gasteiger partial charge in [-0.15, -0.1) is 0 Å². The normalized spacial score (nSPS) is 14.3. The lowest BCUT2D eigenvalue weighted by Crippen LogP contribution is -2.34. The van der Waals surface area contributed by atoms with E-state index in [-0.39, 0.29) is 0 Å². The predicted octanol–water partition coefficient (Wildman–Crippen LogP) is 21.7. The minimum absolute atomic E-state index is 0.705. The first-order chi connectivity index (χ1) is 61.1. The Kier molecular flexibility index (Phi) is 29.5. The first kappa shape index (κ1) is 85.9. The number of aryl methyl sites for hydroxylation is 4. The summed E-state index contributed by atoms with van der Waals surface area (Å²) in [4.78, 5) is 66.3. The standard InChI is InChI=1S/4C24H24ClN5S/c4*25-17-7-8-19-20(9-11-27-23(19)16-17)26-10-3-6-22-18-4-1-2-5-21(18)28-24(29-22)30-12-14-31-15-13-30/h4*1-2,4-5,7-9,11,16H,3,6,10,12-15H2,(H,26,27). The van der Waals surface area contributed by atoms with Crippen LogP contribution >= 0.6 is 93.5 Å². The molecule has 124 heavy (non-hydrogen) atoms. The Balaban J connectivity index is 0.000000117. The maximum absolute atomic E-state index is 6.11. The molecule has 4 aliphatic heterocycles. The maximum Gasteiger partial charge on any atom is 0.226 e. The van der Waals surface area contributed by atoms with Crippen molar-refractivity contribution in [1.82, 2.24) is 59.8 Å². The molecular weight excluding hydrogens is 1700 g/mol. The van der Waals surface area contributed by atoms with E-state index in [1.54, 1.807) is 0 Å². The zero-order valence-corrected chi connectivity index (χ0v) is 75.2. The molecule has 20 rings (SSSR count). The number of benzene rings is 8. The van der Waals surface area contributed by atoms with Crippen LogP contribution in [0.1, 0.15) is 48.5 Å². The number of aromatic nitrogens is 12. The van der Waals surface area contributed by atoms with Crippen LogP contribution in [-0.2, 0) is 25.7 Å². The molecule has 0 atom stereocenters. The molecule has 4 N–H and O–H groups in total. The van der Waals surface area contributed by atoms with Crippen molar-refractivity contribution in [3.05, 3.63) is 262 Å². The average molecular weight is 1800 g/mol. The van der Waals surface area contributed by atoms with Gasteiger partial charge in [0.1, 0.15) is 0 Å². The molecule has 0 aliphatic carbocycles. The van der Waals surface area contributed by atoms with Crippen LogP contribution in [0.4, 0.5) is 46.5 Å². The molecule has 0 bridgehead atoms. The molecule has 28 heteroatoms. The van der Waals surface area contributed by atoms with Gasteiger partial charge in [-0.2, -0.15) is 47.0 Å². The number of rotatable bonds is 24. The summed E-state index contributed by atoms with van der Waals surface area (Å²) in [6.07, 6.45) is 14.8. The Morgan fingerprint density at radius 2 is 0.460 bits per heavy atom. The van der Waals surface area contributed by atoms with Gasteiger partial charge in [0.2, 0.25) is 23.8 Å². The Bertz CT molecular complexity index is 5600. The van der Waals surface area contributed by atoms with Crippen LogP contribution in [0.5, 0.6) is 0 Å². The lowest BCUT2D eigenvalue weighted by Gasteiger charge is -2.27. The zero-order chi connectivity index (χ0) is 84.2. The molecule has 0 radical (unpaired) electrons. The summed E-state index contributed by atoms with van der Waals surface area (Å²) in [5.74, 6) is 12.6. The monoisotopic (exact) mass is 1800 g/mol. The predicted molar refractivity (Wildman–Crippen MR) is 531 cm³/mol. The first-order valence-corrected chi connectivity index (χ1v) is 48.7. The summed E-state index contributed by atoms with van der Waals surface area (Å²) in [6, 6.07) is 64.8. The molecule has 4 fully saturated rings. The smallest absolute Gasteiger partial charge is 0.226 e. The van der Waals surface area contributed by atoms with Crippen LogP contribution in [0.15, 0.2) is 219 Å². The van der Waals surface area contributed by atoms with Gasteiger partial charge in [-0.05, 0) is 173 Å². The minimum atomic E-state index is 0.705. The van der Waals surface area contributed by atoms with Crippen molar-refractivity contribution in [3.63, 3.8) is 0 Å². The van der Waals surface area contributed by atoms with Gasteiger partial charge in [-0.25, -0.2) is 39.9 Å². The number of halogens is 4. The first-order valence-electron chi connectivity index (χ1n) is 42.6. The highest BCUT2D eigenvalue weighted by molar-refractivity contribution is 8.00. The van der Waals surface area contributed by atoms with Crippen molar-refractivity contribution >= 4 is 227 Å². The van der Waals surface area contributed by atoms with E-state index in [1.165, 1.54) is 0 Å². The van der Waals surface area contributed by atoms with Gasteiger partial charge in [0.05, 0.1) is 66.9 Å². The number of hydrogen-bond donors (Lipinski definition) is 4. The summed E-state index contributed by atoms with van der Waals surface area (Å²) in [6.45, 7) is 11.6. The molecule has 0 unspecified atom stereocenters. The Morgan fingerprint density at radius 3 is 0.685 bits per heavy atom. The largest absolute Gasteiger partial charge is 0.384 e. The van der Waals surface area contributed by atoms with Crippen LogP contribution in [0, 0.1) is 0 Å². The van der Waals surface area contributed by atoms with Gasteiger partial charge in [-0.3, -0.25) is 19.9 Å². The van der Waals surface area contributed by atoms with E-state index in [2.05, 4.69) is 158 Å². The number of anilines is 8. The lowest BCUT2D eigenvalue weighted by molar-refractivity contribution is 0.794. The maximum atomic E-state index is 6.11. The van der Waals surface area contributed by atoms with Gasteiger partial charge in [0, 0.05) is 235 Å². The summed E-state index contributed by atoms with van der Waals surface area (Å²) in [7, 11) is 0. The van der Waals surface area contributed by atoms with E-state index < -0.39 is 0 Å². The molecule has 0 amide bonds. The summed E-state index contributed by atoms with van der Waals surface area (Å²) in [5, 5.41) is 26.0. The van der Waals surface area contributed by atoms with Crippen molar-refractivity contribution in [1.29, 1.82) is 0 Å². The molecule has 12 heterocycles. The van der Waals surface area contributed by atoms with Crippen LogP contribution in [-0.4, -0.2) is 184 Å². The SMILES string of the molecule is Clc1ccc2c(NCCCc3nc(N4CCSCC4)nc4ccccc34)ccnc2c1.Clc1ccc2c(NCCCc3nc(N4CCSCC4)nc4ccccc34)ccnc2c1.Clc1ccc2c(NCCCc3nc(N4CCSCC4)nc4ccccc34)ccnc2c1.Clc1ccc2c(NCCCc3nc(N4CCSCC4)nc4ccccc34)ccnc2c1. The Hall–Kier alpha value is -10.3. The van der Waals surface area contributed by atoms with Gasteiger partial charge in [0.25, 0.3) is 0 Å². The number of nitrogens with one attached hydrogen (secondary N) is 4. The highest BCUT2D eigenvalue weighted by atomic mass is 35.5. The third kappa shape index (κ3) is 22.0. The van der Waals surface area contributed by atoms with Crippen LogP contribution in [0.2, 0.25) is 20.1 Å². The molecular formula is C96H96Cl4N20S4. The molecule has 632 valence electrons. The third-order valence-electron chi connectivity index (χ3n) is 22.3. The summed E-state index contributed by atoms with van der Waals surface area (Å²) in [5.41, 5.74) is 16.6. The molecule has 4 saturated heterocycles.